The number of carbonyl (C=O) groups excluding carboxylic acids is 2. The molecule has 0 spiro atoms. The quantitative estimate of drug-likeness (QED) is 0.870. The number of carbonyl (C=O) groups is 2. The van der Waals surface area contributed by atoms with E-state index in [1.165, 1.54) is 0 Å². The maximum absolute atomic E-state index is 12.4. The summed E-state index contributed by atoms with van der Waals surface area (Å²) in [4.78, 5) is 26.2. The Balaban J connectivity index is 1.34. The molecule has 0 aromatic heterocycles. The second-order valence-electron chi connectivity index (χ2n) is 6.40. The fourth-order valence-corrected chi connectivity index (χ4v) is 3.19. The van der Waals surface area contributed by atoms with Crippen LogP contribution in [0, 0.1) is 0 Å². The topological polar surface area (TPSA) is 77.1 Å². The highest BCUT2D eigenvalue weighted by atomic mass is 16.6. The first kappa shape index (κ1) is 17.2. The first-order valence-electron chi connectivity index (χ1n) is 8.86. The Kier molecular flexibility index (Phi) is 4.82. The van der Waals surface area contributed by atoms with Crippen molar-refractivity contribution in [3.8, 4) is 17.2 Å². The van der Waals surface area contributed by atoms with Gasteiger partial charge in [-0.25, -0.2) is 0 Å². The number of hydrogen-bond donors (Lipinski definition) is 1. The van der Waals surface area contributed by atoms with E-state index < -0.39 is 0 Å². The molecule has 0 saturated carbocycles. The summed E-state index contributed by atoms with van der Waals surface area (Å²) < 4.78 is 16.5. The molecule has 1 fully saturated rings. The summed E-state index contributed by atoms with van der Waals surface area (Å²) in [6.07, 6.45) is 0.255. The van der Waals surface area contributed by atoms with Gasteiger partial charge in [-0.05, 0) is 24.3 Å². The summed E-state index contributed by atoms with van der Waals surface area (Å²) in [5.74, 6) is 1.66. The van der Waals surface area contributed by atoms with Crippen LogP contribution in [0.25, 0.3) is 0 Å². The van der Waals surface area contributed by atoms with Crippen LogP contribution in [0.3, 0.4) is 0 Å². The second kappa shape index (κ2) is 7.57. The van der Waals surface area contributed by atoms with Crippen LogP contribution in [0.1, 0.15) is 6.42 Å². The van der Waals surface area contributed by atoms with Crippen LogP contribution in [0.15, 0.2) is 48.5 Å². The van der Waals surface area contributed by atoms with Crippen molar-refractivity contribution in [1.82, 2.24) is 5.32 Å². The van der Waals surface area contributed by atoms with E-state index >= 15 is 0 Å². The molecule has 0 radical (unpaired) electrons. The van der Waals surface area contributed by atoms with Crippen LogP contribution in [0.5, 0.6) is 17.2 Å². The normalized spacial score (nSPS) is 18.3. The van der Waals surface area contributed by atoms with Crippen LogP contribution in [0.2, 0.25) is 0 Å². The monoisotopic (exact) mass is 368 g/mol. The molecule has 0 aliphatic carbocycles. The van der Waals surface area contributed by atoms with Gasteiger partial charge in [-0.1, -0.05) is 18.2 Å². The molecule has 7 nitrogen and oxygen atoms in total. The molecule has 1 atom stereocenters. The average Bonchev–Trinajstić information content (AvgIpc) is 3.07. The summed E-state index contributed by atoms with van der Waals surface area (Å²) in [5.41, 5.74) is 0.738. The van der Waals surface area contributed by atoms with Crippen molar-refractivity contribution in [3.63, 3.8) is 0 Å². The summed E-state index contributed by atoms with van der Waals surface area (Å²) in [6, 6.07) is 14.3. The number of nitrogens with one attached hydrogen (secondary N) is 1. The number of fused-ring (bicyclic) bond motifs is 1. The van der Waals surface area contributed by atoms with Gasteiger partial charge in [-0.3, -0.25) is 9.59 Å². The molecule has 2 aromatic rings. The van der Waals surface area contributed by atoms with E-state index in [9.17, 15) is 9.59 Å². The largest absolute Gasteiger partial charge is 0.486 e. The number of nitrogens with zero attached hydrogens (tertiary/aromatic N) is 1. The van der Waals surface area contributed by atoms with Gasteiger partial charge in [0.25, 0.3) is 5.91 Å². The van der Waals surface area contributed by atoms with E-state index in [0.717, 1.165) is 5.69 Å². The minimum absolute atomic E-state index is 0.0408. The zero-order chi connectivity index (χ0) is 18.6. The van der Waals surface area contributed by atoms with E-state index in [1.54, 1.807) is 29.2 Å². The molecular weight excluding hydrogens is 348 g/mol. The van der Waals surface area contributed by atoms with Gasteiger partial charge in [0.1, 0.15) is 19.0 Å². The van der Waals surface area contributed by atoms with Crippen molar-refractivity contribution >= 4 is 17.5 Å². The van der Waals surface area contributed by atoms with Gasteiger partial charge in [0.15, 0.2) is 18.1 Å². The molecule has 2 amide bonds. The van der Waals surface area contributed by atoms with E-state index in [-0.39, 0.29) is 30.9 Å². The zero-order valence-corrected chi connectivity index (χ0v) is 14.7. The molecule has 2 aliphatic rings. The van der Waals surface area contributed by atoms with Crippen LogP contribution in [0.4, 0.5) is 5.69 Å². The number of benzene rings is 2. The highest BCUT2D eigenvalue weighted by molar-refractivity contribution is 5.97. The van der Waals surface area contributed by atoms with Crippen molar-refractivity contribution in [1.29, 1.82) is 0 Å². The van der Waals surface area contributed by atoms with Gasteiger partial charge in [-0.2, -0.15) is 0 Å². The standard InChI is InChI=1S/C20H20N2O5/c23-19(13-27-16-4-2-1-3-5-16)21-14-10-20(24)22(12-14)15-6-7-17-18(11-15)26-9-8-25-17/h1-7,11,14H,8-10,12-13H2,(H,21,23)/t14-/m0/s1. The third-order valence-electron chi connectivity index (χ3n) is 4.44. The van der Waals surface area contributed by atoms with Crippen molar-refractivity contribution in [3.05, 3.63) is 48.5 Å². The molecule has 140 valence electrons. The predicted octanol–water partition coefficient (Wildman–Crippen LogP) is 1.76. The van der Waals surface area contributed by atoms with E-state index in [0.29, 0.717) is 37.0 Å². The lowest BCUT2D eigenvalue weighted by Crippen LogP contribution is -2.39. The molecule has 2 aliphatic heterocycles. The zero-order valence-electron chi connectivity index (χ0n) is 14.7. The van der Waals surface area contributed by atoms with E-state index in [2.05, 4.69) is 5.32 Å². The smallest absolute Gasteiger partial charge is 0.258 e. The molecule has 2 aromatic carbocycles. The Labute approximate surface area is 156 Å². The first-order chi connectivity index (χ1) is 13.2. The Hall–Kier alpha value is -3.22. The van der Waals surface area contributed by atoms with Crippen LogP contribution in [-0.2, 0) is 9.59 Å². The van der Waals surface area contributed by atoms with E-state index in [4.69, 9.17) is 14.2 Å². The van der Waals surface area contributed by atoms with Crippen LogP contribution < -0.4 is 24.4 Å². The Morgan fingerprint density at radius 2 is 1.89 bits per heavy atom. The number of amides is 2. The Morgan fingerprint density at radius 3 is 2.70 bits per heavy atom. The van der Waals surface area contributed by atoms with E-state index in [1.807, 2.05) is 24.3 Å². The molecule has 0 unspecified atom stereocenters. The third kappa shape index (κ3) is 3.97. The minimum atomic E-state index is -0.252. The van der Waals surface area contributed by atoms with Gasteiger partial charge in [0, 0.05) is 24.7 Å². The first-order valence-corrected chi connectivity index (χ1v) is 8.86. The van der Waals surface area contributed by atoms with Gasteiger partial charge < -0.3 is 24.4 Å². The van der Waals surface area contributed by atoms with Gasteiger partial charge in [0.2, 0.25) is 5.91 Å². The lowest BCUT2D eigenvalue weighted by molar-refractivity contribution is -0.123. The van der Waals surface area contributed by atoms with Crippen molar-refractivity contribution < 1.29 is 23.8 Å². The average molecular weight is 368 g/mol. The highest BCUT2D eigenvalue weighted by Gasteiger charge is 2.32. The highest BCUT2D eigenvalue weighted by Crippen LogP contribution is 2.35. The van der Waals surface area contributed by atoms with Crippen molar-refractivity contribution in [2.45, 2.75) is 12.5 Å². The molecule has 2 heterocycles. The summed E-state index contributed by atoms with van der Waals surface area (Å²) in [5, 5.41) is 2.86. The maximum atomic E-state index is 12.4. The third-order valence-corrected chi connectivity index (χ3v) is 4.44. The molecule has 27 heavy (non-hydrogen) atoms. The molecule has 4 rings (SSSR count). The SMILES string of the molecule is O=C(COc1ccccc1)N[C@H]1CC(=O)N(c2ccc3c(c2)OCCO3)C1. The summed E-state index contributed by atoms with van der Waals surface area (Å²) in [6.45, 7) is 1.34. The minimum Gasteiger partial charge on any atom is -0.486 e. The lowest BCUT2D eigenvalue weighted by atomic mass is 10.2. The Bertz CT molecular complexity index is 840. The second-order valence-corrected chi connectivity index (χ2v) is 6.40. The van der Waals surface area contributed by atoms with Crippen LogP contribution in [-0.4, -0.2) is 44.2 Å². The lowest BCUT2D eigenvalue weighted by Gasteiger charge is -2.22. The predicted molar refractivity (Wildman–Crippen MR) is 98.3 cm³/mol. The van der Waals surface area contributed by atoms with Crippen LogP contribution >= 0.6 is 0 Å². The summed E-state index contributed by atoms with van der Waals surface area (Å²) >= 11 is 0. The van der Waals surface area contributed by atoms with Crippen molar-refractivity contribution in [2.75, 3.05) is 31.3 Å². The maximum Gasteiger partial charge on any atom is 0.258 e. The summed E-state index contributed by atoms with van der Waals surface area (Å²) in [7, 11) is 0. The number of para-hydroxylation sites is 1. The van der Waals surface area contributed by atoms with Gasteiger partial charge in [-0.15, -0.1) is 0 Å². The van der Waals surface area contributed by atoms with Crippen molar-refractivity contribution in [2.24, 2.45) is 0 Å². The van der Waals surface area contributed by atoms with Gasteiger partial charge in [0.05, 0.1) is 6.04 Å². The number of hydrogen-bond acceptors (Lipinski definition) is 5. The number of rotatable bonds is 5. The molecule has 1 N–H and O–H groups in total. The molecule has 1 saturated heterocycles. The number of ether oxygens (including phenoxy) is 3. The van der Waals surface area contributed by atoms with Gasteiger partial charge >= 0.3 is 0 Å². The fraction of sp³-hybridized carbons (Fsp3) is 0.300. The Morgan fingerprint density at radius 1 is 1.11 bits per heavy atom. The molecule has 7 heteroatoms. The fourth-order valence-electron chi connectivity index (χ4n) is 3.19. The molecular formula is C20H20N2O5. The number of anilines is 1. The molecule has 0 bridgehead atoms.